The monoisotopic (exact) mass is 374 g/mol. The van der Waals surface area contributed by atoms with Crippen molar-refractivity contribution in [2.45, 2.75) is 19.9 Å². The zero-order valence-corrected chi connectivity index (χ0v) is 16.0. The number of nitrogens with zero attached hydrogens (tertiary/aromatic N) is 3. The highest BCUT2D eigenvalue weighted by atomic mass is 16.5. The van der Waals surface area contributed by atoms with E-state index < -0.39 is 0 Å². The first-order valence-corrected chi connectivity index (χ1v) is 9.29. The molecule has 4 aromatic rings. The van der Waals surface area contributed by atoms with Crippen molar-refractivity contribution in [1.82, 2.24) is 19.9 Å². The summed E-state index contributed by atoms with van der Waals surface area (Å²) in [6, 6.07) is 15.6. The summed E-state index contributed by atoms with van der Waals surface area (Å²) in [6.45, 7) is 3.24. The Balaban J connectivity index is 1.40. The van der Waals surface area contributed by atoms with Crippen LogP contribution >= 0.6 is 0 Å². The van der Waals surface area contributed by atoms with Gasteiger partial charge in [0.2, 0.25) is 0 Å². The van der Waals surface area contributed by atoms with Crippen molar-refractivity contribution in [2.24, 2.45) is 0 Å². The zero-order chi connectivity index (χ0) is 19.5. The summed E-state index contributed by atoms with van der Waals surface area (Å²) in [4.78, 5) is 21.6. The minimum atomic E-state index is -0.0989. The van der Waals surface area contributed by atoms with Crippen LogP contribution in [0.1, 0.15) is 22.5 Å². The van der Waals surface area contributed by atoms with Gasteiger partial charge >= 0.3 is 0 Å². The highest BCUT2D eigenvalue weighted by molar-refractivity contribution is 5.98. The Hall–Kier alpha value is -3.41. The van der Waals surface area contributed by atoms with Gasteiger partial charge in [0.15, 0.2) is 0 Å². The first kappa shape index (κ1) is 18.0. The molecule has 2 aromatic carbocycles. The van der Waals surface area contributed by atoms with Crippen molar-refractivity contribution < 1.29 is 9.53 Å². The number of aryl methyl sites for hydroxylation is 2. The van der Waals surface area contributed by atoms with Crippen LogP contribution < -0.4 is 10.1 Å². The number of ether oxygens (including phenoxy) is 1. The van der Waals surface area contributed by atoms with Crippen LogP contribution in [0.25, 0.3) is 21.9 Å². The second-order valence-corrected chi connectivity index (χ2v) is 6.72. The second kappa shape index (κ2) is 7.68. The third-order valence-corrected chi connectivity index (χ3v) is 4.85. The topological polar surface area (TPSA) is 69.0 Å². The molecule has 0 fully saturated rings. The van der Waals surface area contributed by atoms with Gasteiger partial charge in [0.1, 0.15) is 5.75 Å². The number of methoxy groups -OCH3 is 1. The Kier molecular flexibility index (Phi) is 4.93. The van der Waals surface area contributed by atoms with E-state index in [0.29, 0.717) is 17.8 Å². The lowest BCUT2D eigenvalue weighted by atomic mass is 10.1. The molecule has 0 atom stereocenters. The van der Waals surface area contributed by atoms with Crippen LogP contribution in [0.15, 0.2) is 54.9 Å². The predicted molar refractivity (Wildman–Crippen MR) is 110 cm³/mol. The summed E-state index contributed by atoms with van der Waals surface area (Å²) >= 11 is 0. The van der Waals surface area contributed by atoms with Gasteiger partial charge in [-0.1, -0.05) is 12.1 Å². The average molecular weight is 374 g/mol. The number of amides is 1. The molecular formula is C22H22N4O2. The third kappa shape index (κ3) is 3.53. The number of rotatable bonds is 6. The minimum absolute atomic E-state index is 0.0989. The summed E-state index contributed by atoms with van der Waals surface area (Å²) in [6.07, 6.45) is 2.67. The van der Waals surface area contributed by atoms with Crippen LogP contribution in [0.4, 0.5) is 0 Å². The number of aromatic nitrogens is 3. The Morgan fingerprint density at radius 1 is 1.14 bits per heavy atom. The molecule has 2 heterocycles. The molecule has 0 radical (unpaired) electrons. The molecule has 0 bridgehead atoms. The average Bonchev–Trinajstić information content (AvgIpc) is 3.13. The van der Waals surface area contributed by atoms with Gasteiger partial charge in [-0.05, 0) is 43.7 Å². The molecule has 0 aliphatic carbocycles. The van der Waals surface area contributed by atoms with Crippen LogP contribution in [0, 0.1) is 6.92 Å². The Bertz CT molecular complexity index is 1150. The molecule has 4 rings (SSSR count). The molecule has 0 saturated heterocycles. The maximum absolute atomic E-state index is 12.6. The highest BCUT2D eigenvalue weighted by Gasteiger charge is 2.12. The zero-order valence-electron chi connectivity index (χ0n) is 16.0. The van der Waals surface area contributed by atoms with E-state index in [2.05, 4.69) is 25.9 Å². The van der Waals surface area contributed by atoms with E-state index >= 15 is 0 Å². The maximum atomic E-state index is 12.6. The Morgan fingerprint density at radius 3 is 2.86 bits per heavy atom. The lowest BCUT2D eigenvalue weighted by Crippen LogP contribution is -2.26. The molecule has 6 nitrogen and oxygen atoms in total. The normalized spacial score (nSPS) is 11.1. The molecule has 0 unspecified atom stereocenters. The summed E-state index contributed by atoms with van der Waals surface area (Å²) in [5, 5.41) is 3.92. The van der Waals surface area contributed by atoms with Crippen LogP contribution in [-0.4, -0.2) is 34.1 Å². The summed E-state index contributed by atoms with van der Waals surface area (Å²) < 4.78 is 7.35. The summed E-state index contributed by atoms with van der Waals surface area (Å²) in [5.74, 6) is 0.654. The van der Waals surface area contributed by atoms with Gasteiger partial charge in [-0.15, -0.1) is 0 Å². The first-order chi connectivity index (χ1) is 13.7. The highest BCUT2D eigenvalue weighted by Crippen LogP contribution is 2.21. The molecule has 6 heteroatoms. The molecule has 1 amide bonds. The van der Waals surface area contributed by atoms with Gasteiger partial charge in [-0.2, -0.15) is 0 Å². The van der Waals surface area contributed by atoms with Gasteiger partial charge < -0.3 is 14.6 Å². The van der Waals surface area contributed by atoms with Gasteiger partial charge in [-0.3, -0.25) is 9.78 Å². The fourth-order valence-electron chi connectivity index (χ4n) is 3.34. The lowest BCUT2D eigenvalue weighted by molar-refractivity contribution is 0.0952. The number of nitrogens with one attached hydrogen (secondary N) is 1. The van der Waals surface area contributed by atoms with Gasteiger partial charge in [0, 0.05) is 24.5 Å². The van der Waals surface area contributed by atoms with Crippen LogP contribution in [-0.2, 0) is 6.54 Å². The SMILES string of the molecule is COc1ccc2cc(C(=O)NCCCn3cnc4ccccc43)c(C)nc2c1. The first-order valence-electron chi connectivity index (χ1n) is 9.29. The van der Waals surface area contributed by atoms with Crippen molar-refractivity contribution in [3.05, 3.63) is 66.1 Å². The van der Waals surface area contributed by atoms with E-state index in [4.69, 9.17) is 4.74 Å². The van der Waals surface area contributed by atoms with E-state index in [0.717, 1.165) is 40.7 Å². The standard InChI is InChI=1S/C22H22N4O2/c1-15-18(12-16-8-9-17(28-2)13-20(16)25-15)22(27)23-10-5-11-26-14-24-19-6-3-4-7-21(19)26/h3-4,6-9,12-14H,5,10-11H2,1-2H3,(H,23,27). The minimum Gasteiger partial charge on any atom is -0.497 e. The van der Waals surface area contributed by atoms with Gasteiger partial charge in [0.05, 0.1) is 41.2 Å². The summed E-state index contributed by atoms with van der Waals surface area (Å²) in [5.41, 5.74) is 4.23. The fraction of sp³-hybridized carbons (Fsp3) is 0.227. The third-order valence-electron chi connectivity index (χ3n) is 4.85. The molecule has 0 saturated carbocycles. The molecule has 0 spiro atoms. The molecule has 1 N–H and O–H groups in total. The van der Waals surface area contributed by atoms with Crippen LogP contribution in [0.5, 0.6) is 5.75 Å². The molecule has 2 aromatic heterocycles. The van der Waals surface area contributed by atoms with Gasteiger partial charge in [-0.25, -0.2) is 4.98 Å². The van der Waals surface area contributed by atoms with Crippen molar-refractivity contribution in [1.29, 1.82) is 0 Å². The number of para-hydroxylation sites is 2. The largest absolute Gasteiger partial charge is 0.497 e. The number of carbonyl (C=O) groups excluding carboxylic acids is 1. The molecule has 142 valence electrons. The van der Waals surface area contributed by atoms with E-state index in [1.54, 1.807) is 7.11 Å². The maximum Gasteiger partial charge on any atom is 0.253 e. The van der Waals surface area contributed by atoms with Crippen molar-refractivity contribution >= 4 is 27.8 Å². The molecule has 0 aliphatic heterocycles. The summed E-state index contributed by atoms with van der Waals surface area (Å²) in [7, 11) is 1.63. The number of imidazole rings is 1. The van der Waals surface area contributed by atoms with E-state index in [1.807, 2.05) is 55.7 Å². The van der Waals surface area contributed by atoms with E-state index in [9.17, 15) is 4.79 Å². The number of carbonyl (C=O) groups is 1. The quantitative estimate of drug-likeness (QED) is 0.522. The number of benzene rings is 2. The Labute approximate surface area is 163 Å². The fourth-order valence-corrected chi connectivity index (χ4v) is 3.34. The van der Waals surface area contributed by atoms with Crippen molar-refractivity contribution in [2.75, 3.05) is 13.7 Å². The van der Waals surface area contributed by atoms with Crippen molar-refractivity contribution in [3.63, 3.8) is 0 Å². The lowest BCUT2D eigenvalue weighted by Gasteiger charge is -2.10. The number of fused-ring (bicyclic) bond motifs is 2. The number of hydrogen-bond acceptors (Lipinski definition) is 4. The van der Waals surface area contributed by atoms with Crippen molar-refractivity contribution in [3.8, 4) is 5.75 Å². The van der Waals surface area contributed by atoms with E-state index in [1.165, 1.54) is 0 Å². The second-order valence-electron chi connectivity index (χ2n) is 6.72. The number of hydrogen-bond donors (Lipinski definition) is 1. The number of pyridine rings is 1. The van der Waals surface area contributed by atoms with E-state index in [-0.39, 0.29) is 5.91 Å². The Morgan fingerprint density at radius 2 is 2.00 bits per heavy atom. The smallest absolute Gasteiger partial charge is 0.253 e. The molecular weight excluding hydrogens is 352 g/mol. The molecule has 0 aliphatic rings. The van der Waals surface area contributed by atoms with Crippen LogP contribution in [0.3, 0.4) is 0 Å². The van der Waals surface area contributed by atoms with Gasteiger partial charge in [0.25, 0.3) is 5.91 Å². The predicted octanol–water partition coefficient (Wildman–Crippen LogP) is 3.72. The molecule has 28 heavy (non-hydrogen) atoms. The van der Waals surface area contributed by atoms with Crippen LogP contribution in [0.2, 0.25) is 0 Å².